The van der Waals surface area contributed by atoms with Crippen LogP contribution in [0.4, 0.5) is 5.69 Å². The summed E-state index contributed by atoms with van der Waals surface area (Å²) >= 11 is 0. The molecule has 9 heteroatoms. The highest BCUT2D eigenvalue weighted by atomic mass is 32.2. The molecule has 0 aliphatic rings. The number of ether oxygens (including phenoxy) is 1. The Morgan fingerprint density at radius 1 is 1.07 bits per heavy atom. The van der Waals surface area contributed by atoms with Crippen molar-refractivity contribution in [3.05, 3.63) is 65.5 Å². The summed E-state index contributed by atoms with van der Waals surface area (Å²) in [5.41, 5.74) is 2.53. The fourth-order valence-electron chi connectivity index (χ4n) is 2.53. The first-order valence-corrected chi connectivity index (χ1v) is 10.2. The van der Waals surface area contributed by atoms with Crippen molar-refractivity contribution >= 4 is 21.7 Å². The predicted octanol–water partition coefficient (Wildman–Crippen LogP) is 2.80. The molecule has 0 fully saturated rings. The lowest BCUT2D eigenvalue weighted by molar-refractivity contribution is 0.0600. The monoisotopic (exact) mass is 401 g/mol. The van der Waals surface area contributed by atoms with Gasteiger partial charge in [-0.25, -0.2) is 13.2 Å². The van der Waals surface area contributed by atoms with Gasteiger partial charge in [0.2, 0.25) is 21.8 Å². The van der Waals surface area contributed by atoms with Gasteiger partial charge in [-0.1, -0.05) is 17.7 Å². The lowest BCUT2D eigenvalue weighted by Crippen LogP contribution is -2.29. The average molecular weight is 401 g/mol. The quantitative estimate of drug-likeness (QED) is 0.585. The lowest BCUT2D eigenvalue weighted by Gasteiger charge is -2.20. The van der Waals surface area contributed by atoms with E-state index >= 15 is 0 Å². The third-order valence-corrected chi connectivity index (χ3v) is 5.16. The molecule has 0 atom stereocenters. The van der Waals surface area contributed by atoms with Gasteiger partial charge >= 0.3 is 5.97 Å². The number of sulfonamides is 1. The van der Waals surface area contributed by atoms with Crippen molar-refractivity contribution in [3.63, 3.8) is 0 Å². The number of hydrogen-bond acceptors (Lipinski definition) is 7. The molecule has 3 rings (SSSR count). The van der Waals surface area contributed by atoms with E-state index in [0.717, 1.165) is 21.7 Å². The third kappa shape index (κ3) is 4.37. The van der Waals surface area contributed by atoms with Gasteiger partial charge in [0.1, 0.15) is 6.54 Å². The number of aromatic nitrogens is 2. The fourth-order valence-corrected chi connectivity index (χ4v) is 3.38. The summed E-state index contributed by atoms with van der Waals surface area (Å²) in [4.78, 5) is 11.6. The van der Waals surface area contributed by atoms with Crippen LogP contribution in [0.5, 0.6) is 0 Å². The SMILES string of the molecule is COC(=O)c1ccc(N(Cc2nnc(-c3ccc(C)cc3)o2)S(C)(=O)=O)cc1. The molecule has 0 aliphatic carbocycles. The number of aryl methyl sites for hydroxylation is 1. The minimum atomic E-state index is -3.63. The number of nitrogens with zero attached hydrogens (tertiary/aromatic N) is 3. The van der Waals surface area contributed by atoms with E-state index < -0.39 is 16.0 Å². The summed E-state index contributed by atoms with van der Waals surface area (Å²) < 4.78 is 35.9. The van der Waals surface area contributed by atoms with E-state index in [9.17, 15) is 13.2 Å². The zero-order valence-electron chi connectivity index (χ0n) is 15.6. The standard InChI is InChI=1S/C19H19N3O5S/c1-13-4-6-14(7-5-13)18-21-20-17(27-18)12-22(28(3,24)25)16-10-8-15(9-11-16)19(23)26-2/h4-11H,12H2,1-3H3. The van der Waals surface area contributed by atoms with E-state index in [1.54, 1.807) is 0 Å². The van der Waals surface area contributed by atoms with E-state index in [4.69, 9.17) is 4.42 Å². The Balaban J connectivity index is 1.86. The molecule has 0 bridgehead atoms. The van der Waals surface area contributed by atoms with Gasteiger partial charge in [0.25, 0.3) is 0 Å². The number of carbonyl (C=O) groups is 1. The van der Waals surface area contributed by atoms with Crippen LogP contribution in [0.3, 0.4) is 0 Å². The number of methoxy groups -OCH3 is 1. The molecule has 0 saturated heterocycles. The summed E-state index contributed by atoms with van der Waals surface area (Å²) in [6.45, 7) is 1.84. The average Bonchev–Trinajstić information content (AvgIpc) is 3.14. The fraction of sp³-hybridized carbons (Fsp3) is 0.211. The summed E-state index contributed by atoms with van der Waals surface area (Å²) in [6.07, 6.45) is 1.08. The van der Waals surface area contributed by atoms with Crippen molar-refractivity contribution in [1.82, 2.24) is 10.2 Å². The molecule has 8 nitrogen and oxygen atoms in total. The molecule has 0 aliphatic heterocycles. The van der Waals surface area contributed by atoms with Gasteiger partial charge in [-0.2, -0.15) is 0 Å². The van der Waals surface area contributed by atoms with E-state index in [-0.39, 0.29) is 12.4 Å². The number of benzene rings is 2. The first-order chi connectivity index (χ1) is 13.3. The van der Waals surface area contributed by atoms with Crippen molar-refractivity contribution in [3.8, 4) is 11.5 Å². The lowest BCUT2D eigenvalue weighted by atomic mass is 10.1. The predicted molar refractivity (Wildman–Crippen MR) is 103 cm³/mol. The highest BCUT2D eigenvalue weighted by Gasteiger charge is 2.22. The third-order valence-electron chi connectivity index (χ3n) is 4.02. The Hall–Kier alpha value is -3.20. The maximum atomic E-state index is 12.3. The van der Waals surface area contributed by atoms with Crippen molar-refractivity contribution in [1.29, 1.82) is 0 Å². The van der Waals surface area contributed by atoms with Crippen LogP contribution in [0.1, 0.15) is 21.8 Å². The molecular weight excluding hydrogens is 382 g/mol. The van der Waals surface area contributed by atoms with Crippen LogP contribution in [0.15, 0.2) is 52.9 Å². The topological polar surface area (TPSA) is 103 Å². The molecule has 1 aromatic heterocycles. The van der Waals surface area contributed by atoms with E-state index in [2.05, 4.69) is 14.9 Å². The largest absolute Gasteiger partial charge is 0.465 e. The van der Waals surface area contributed by atoms with Crippen LogP contribution >= 0.6 is 0 Å². The summed E-state index contributed by atoms with van der Waals surface area (Å²) in [5.74, 6) is -0.0420. The zero-order chi connectivity index (χ0) is 20.3. The van der Waals surface area contributed by atoms with Crippen LogP contribution in [0.25, 0.3) is 11.5 Å². The molecule has 146 valence electrons. The number of esters is 1. The normalized spacial score (nSPS) is 11.2. The Bertz CT molecular complexity index is 1070. The smallest absolute Gasteiger partial charge is 0.337 e. The number of rotatable bonds is 6. The molecule has 28 heavy (non-hydrogen) atoms. The number of anilines is 1. The maximum Gasteiger partial charge on any atom is 0.337 e. The van der Waals surface area contributed by atoms with Crippen LogP contribution in [-0.2, 0) is 21.3 Å². The van der Waals surface area contributed by atoms with Crippen LogP contribution in [-0.4, -0.2) is 38.0 Å². The second kappa shape index (κ2) is 7.81. The Morgan fingerprint density at radius 2 is 1.71 bits per heavy atom. The van der Waals surface area contributed by atoms with Crippen molar-refractivity contribution in [2.24, 2.45) is 0 Å². The molecule has 1 heterocycles. The van der Waals surface area contributed by atoms with Crippen molar-refractivity contribution in [2.75, 3.05) is 17.7 Å². The van der Waals surface area contributed by atoms with Gasteiger partial charge in [-0.15, -0.1) is 10.2 Å². The van der Waals surface area contributed by atoms with Gasteiger partial charge < -0.3 is 9.15 Å². The van der Waals surface area contributed by atoms with Gasteiger partial charge in [-0.05, 0) is 43.3 Å². The molecule has 0 radical (unpaired) electrons. The Kier molecular flexibility index (Phi) is 5.46. The molecule has 2 aromatic carbocycles. The molecule has 0 unspecified atom stereocenters. The van der Waals surface area contributed by atoms with Gasteiger partial charge in [0.05, 0.1) is 24.6 Å². The second-order valence-electron chi connectivity index (χ2n) is 6.18. The summed E-state index contributed by atoms with van der Waals surface area (Å²) in [5, 5.41) is 7.95. The van der Waals surface area contributed by atoms with Crippen LogP contribution in [0.2, 0.25) is 0 Å². The van der Waals surface area contributed by atoms with Gasteiger partial charge in [-0.3, -0.25) is 4.31 Å². The van der Waals surface area contributed by atoms with Crippen molar-refractivity contribution in [2.45, 2.75) is 13.5 Å². The van der Waals surface area contributed by atoms with Gasteiger partial charge in [0, 0.05) is 5.56 Å². The highest BCUT2D eigenvalue weighted by molar-refractivity contribution is 7.92. The zero-order valence-corrected chi connectivity index (χ0v) is 16.4. The van der Waals surface area contributed by atoms with Crippen LogP contribution in [0, 0.1) is 6.92 Å². The Labute approximate surface area is 162 Å². The molecule has 3 aromatic rings. The second-order valence-corrected chi connectivity index (χ2v) is 8.08. The summed E-state index contributed by atoms with van der Waals surface area (Å²) in [7, 11) is -2.35. The first-order valence-electron chi connectivity index (χ1n) is 8.33. The molecule has 0 saturated carbocycles. The minimum Gasteiger partial charge on any atom is -0.465 e. The maximum absolute atomic E-state index is 12.3. The molecular formula is C19H19N3O5S. The van der Waals surface area contributed by atoms with E-state index in [1.807, 2.05) is 31.2 Å². The van der Waals surface area contributed by atoms with Gasteiger partial charge in [0.15, 0.2) is 0 Å². The first kappa shape index (κ1) is 19.6. The highest BCUT2D eigenvalue weighted by Crippen LogP contribution is 2.23. The van der Waals surface area contributed by atoms with E-state index in [1.165, 1.54) is 31.4 Å². The summed E-state index contributed by atoms with van der Waals surface area (Å²) in [6, 6.07) is 13.6. The molecule has 0 N–H and O–H groups in total. The minimum absolute atomic E-state index is 0.130. The molecule has 0 spiro atoms. The number of hydrogen-bond donors (Lipinski definition) is 0. The van der Waals surface area contributed by atoms with Crippen LogP contribution < -0.4 is 4.31 Å². The van der Waals surface area contributed by atoms with E-state index in [0.29, 0.717) is 17.1 Å². The number of carbonyl (C=O) groups excluding carboxylic acids is 1. The van der Waals surface area contributed by atoms with Crippen molar-refractivity contribution < 1.29 is 22.4 Å². The molecule has 0 amide bonds. The Morgan fingerprint density at radius 3 is 2.29 bits per heavy atom.